The van der Waals surface area contributed by atoms with Gasteiger partial charge in [-0.05, 0) is 26.0 Å². The number of hydrogen-bond acceptors (Lipinski definition) is 1. The number of nitrogens with two attached hydrogens (primary N) is 1. The van der Waals surface area contributed by atoms with Crippen molar-refractivity contribution in [3.05, 3.63) is 24.5 Å². The lowest BCUT2D eigenvalue weighted by Gasteiger charge is -2.20. The number of carbonyl (C=O) groups excluding carboxylic acids is 1. The highest BCUT2D eigenvalue weighted by Gasteiger charge is 2.24. The molecule has 1 rings (SSSR count). The molecule has 0 unspecified atom stereocenters. The molecule has 0 aliphatic rings. The maximum Gasteiger partial charge on any atom is 0.224 e. The summed E-state index contributed by atoms with van der Waals surface area (Å²) in [5, 5.41) is 0. The van der Waals surface area contributed by atoms with Gasteiger partial charge in [0.05, 0.1) is 5.41 Å². The molecule has 0 aliphatic heterocycles. The summed E-state index contributed by atoms with van der Waals surface area (Å²) in [6.07, 6.45) is 3.84. The first kappa shape index (κ1) is 8.84. The topological polar surface area (TPSA) is 48.0 Å². The zero-order valence-corrected chi connectivity index (χ0v) is 7.45. The monoisotopic (exact) mass is 166 g/mol. The molecular weight excluding hydrogens is 152 g/mol. The summed E-state index contributed by atoms with van der Waals surface area (Å²) >= 11 is 0. The third-order valence-corrected chi connectivity index (χ3v) is 1.91. The zero-order chi connectivity index (χ0) is 9.19. The van der Waals surface area contributed by atoms with Crippen molar-refractivity contribution in [2.24, 2.45) is 11.1 Å². The van der Waals surface area contributed by atoms with Crippen LogP contribution in [0.5, 0.6) is 0 Å². The van der Waals surface area contributed by atoms with Crippen LogP contribution >= 0.6 is 0 Å². The van der Waals surface area contributed by atoms with Gasteiger partial charge in [0.1, 0.15) is 0 Å². The fourth-order valence-electron chi connectivity index (χ4n) is 1.01. The molecule has 1 heterocycles. The minimum absolute atomic E-state index is 0.267. The lowest BCUT2D eigenvalue weighted by molar-refractivity contribution is -0.126. The first-order valence-corrected chi connectivity index (χ1v) is 3.93. The van der Waals surface area contributed by atoms with E-state index < -0.39 is 5.41 Å². The standard InChI is InChI=1S/C9H14N2O/c1-9(2,8(10)12)7-11-5-3-4-6-11/h3-6H,7H2,1-2H3,(H2,10,12). The van der Waals surface area contributed by atoms with E-state index in [0.29, 0.717) is 6.54 Å². The van der Waals surface area contributed by atoms with Crippen LogP contribution in [-0.4, -0.2) is 10.5 Å². The number of carbonyl (C=O) groups is 1. The summed E-state index contributed by atoms with van der Waals surface area (Å²) < 4.78 is 1.95. The molecule has 1 aromatic heterocycles. The van der Waals surface area contributed by atoms with E-state index in [2.05, 4.69) is 0 Å². The van der Waals surface area contributed by atoms with Gasteiger partial charge in [-0.1, -0.05) is 0 Å². The van der Waals surface area contributed by atoms with E-state index in [1.54, 1.807) is 0 Å². The maximum atomic E-state index is 11.0. The Hall–Kier alpha value is -1.25. The first-order valence-electron chi connectivity index (χ1n) is 3.93. The molecule has 0 spiro atoms. The largest absolute Gasteiger partial charge is 0.369 e. The van der Waals surface area contributed by atoms with Crippen molar-refractivity contribution in [3.8, 4) is 0 Å². The summed E-state index contributed by atoms with van der Waals surface area (Å²) in [6, 6.07) is 3.86. The van der Waals surface area contributed by atoms with Gasteiger partial charge in [0.15, 0.2) is 0 Å². The van der Waals surface area contributed by atoms with Gasteiger partial charge < -0.3 is 10.3 Å². The number of hydrogen-bond donors (Lipinski definition) is 1. The van der Waals surface area contributed by atoms with Crippen LogP contribution in [0.2, 0.25) is 0 Å². The number of aromatic nitrogens is 1. The van der Waals surface area contributed by atoms with Crippen LogP contribution in [0.3, 0.4) is 0 Å². The third-order valence-electron chi connectivity index (χ3n) is 1.91. The van der Waals surface area contributed by atoms with Crippen molar-refractivity contribution >= 4 is 5.91 Å². The average Bonchev–Trinajstić information content (AvgIpc) is 2.38. The third kappa shape index (κ3) is 1.87. The molecular formula is C9H14N2O. The zero-order valence-electron chi connectivity index (χ0n) is 7.45. The van der Waals surface area contributed by atoms with Gasteiger partial charge in [-0.25, -0.2) is 0 Å². The molecule has 12 heavy (non-hydrogen) atoms. The van der Waals surface area contributed by atoms with Crippen molar-refractivity contribution < 1.29 is 4.79 Å². The number of amides is 1. The Labute approximate surface area is 72.2 Å². The second-order valence-electron chi connectivity index (χ2n) is 3.60. The number of rotatable bonds is 3. The normalized spacial score (nSPS) is 11.5. The highest BCUT2D eigenvalue weighted by molar-refractivity contribution is 5.79. The van der Waals surface area contributed by atoms with Gasteiger partial charge in [0.25, 0.3) is 0 Å². The average molecular weight is 166 g/mol. The number of primary amides is 1. The molecule has 3 nitrogen and oxygen atoms in total. The van der Waals surface area contributed by atoms with Crippen molar-refractivity contribution in [1.29, 1.82) is 0 Å². The molecule has 0 bridgehead atoms. The van der Waals surface area contributed by atoms with E-state index >= 15 is 0 Å². The van der Waals surface area contributed by atoms with Crippen molar-refractivity contribution in [2.75, 3.05) is 0 Å². The van der Waals surface area contributed by atoms with Gasteiger partial charge in [0.2, 0.25) is 5.91 Å². The molecule has 66 valence electrons. The Morgan fingerprint density at radius 2 is 1.92 bits per heavy atom. The maximum absolute atomic E-state index is 11.0. The molecule has 0 saturated carbocycles. The minimum atomic E-state index is -0.473. The molecule has 0 radical (unpaired) electrons. The van der Waals surface area contributed by atoms with E-state index in [1.165, 1.54) is 0 Å². The Balaban J connectivity index is 2.69. The lowest BCUT2D eigenvalue weighted by atomic mass is 9.93. The van der Waals surface area contributed by atoms with Crippen LogP contribution in [0.15, 0.2) is 24.5 Å². The fourth-order valence-corrected chi connectivity index (χ4v) is 1.01. The minimum Gasteiger partial charge on any atom is -0.369 e. The van der Waals surface area contributed by atoms with Crippen LogP contribution in [-0.2, 0) is 11.3 Å². The summed E-state index contributed by atoms with van der Waals surface area (Å²) in [5.41, 5.74) is 4.76. The highest BCUT2D eigenvalue weighted by Crippen LogP contribution is 2.16. The van der Waals surface area contributed by atoms with Gasteiger partial charge in [-0.3, -0.25) is 4.79 Å². The van der Waals surface area contributed by atoms with Crippen LogP contribution < -0.4 is 5.73 Å². The van der Waals surface area contributed by atoms with Gasteiger partial charge in [0, 0.05) is 18.9 Å². The van der Waals surface area contributed by atoms with E-state index in [0.717, 1.165) is 0 Å². The second kappa shape index (κ2) is 3.01. The van der Waals surface area contributed by atoms with Gasteiger partial charge in [-0.15, -0.1) is 0 Å². The van der Waals surface area contributed by atoms with Crippen LogP contribution in [0.25, 0.3) is 0 Å². The van der Waals surface area contributed by atoms with Crippen LogP contribution in [0, 0.1) is 5.41 Å². The predicted molar refractivity (Wildman–Crippen MR) is 47.4 cm³/mol. The van der Waals surface area contributed by atoms with Crippen molar-refractivity contribution in [2.45, 2.75) is 20.4 Å². The predicted octanol–water partition coefficient (Wildman–Crippen LogP) is 1.000. The first-order chi connectivity index (χ1) is 5.52. The van der Waals surface area contributed by atoms with Gasteiger partial charge >= 0.3 is 0 Å². The Morgan fingerprint density at radius 3 is 2.33 bits per heavy atom. The fraction of sp³-hybridized carbons (Fsp3) is 0.444. The molecule has 0 atom stereocenters. The number of nitrogens with zero attached hydrogens (tertiary/aromatic N) is 1. The highest BCUT2D eigenvalue weighted by atomic mass is 16.1. The van der Waals surface area contributed by atoms with E-state index in [9.17, 15) is 4.79 Å². The van der Waals surface area contributed by atoms with E-state index in [4.69, 9.17) is 5.73 Å². The van der Waals surface area contributed by atoms with E-state index in [-0.39, 0.29) is 5.91 Å². The summed E-state index contributed by atoms with van der Waals surface area (Å²) in [6.45, 7) is 4.32. The summed E-state index contributed by atoms with van der Waals surface area (Å²) in [4.78, 5) is 11.0. The van der Waals surface area contributed by atoms with Crippen molar-refractivity contribution in [1.82, 2.24) is 4.57 Å². The van der Waals surface area contributed by atoms with Gasteiger partial charge in [-0.2, -0.15) is 0 Å². The lowest BCUT2D eigenvalue weighted by Crippen LogP contribution is -2.35. The Morgan fingerprint density at radius 1 is 1.42 bits per heavy atom. The smallest absolute Gasteiger partial charge is 0.224 e. The molecule has 0 saturated heterocycles. The molecule has 2 N–H and O–H groups in total. The summed E-state index contributed by atoms with van der Waals surface area (Å²) in [7, 11) is 0. The van der Waals surface area contributed by atoms with Crippen molar-refractivity contribution in [3.63, 3.8) is 0 Å². The van der Waals surface area contributed by atoms with Crippen LogP contribution in [0.1, 0.15) is 13.8 Å². The molecule has 0 fully saturated rings. The summed E-state index contributed by atoms with van der Waals surface area (Å²) in [5.74, 6) is -0.267. The molecule has 3 heteroatoms. The SMILES string of the molecule is CC(C)(Cn1cccc1)C(N)=O. The Bertz CT molecular complexity index is 262. The molecule has 0 aromatic carbocycles. The molecule has 0 aliphatic carbocycles. The molecule has 1 amide bonds. The Kier molecular flexibility index (Phi) is 2.22. The van der Waals surface area contributed by atoms with Crippen LogP contribution in [0.4, 0.5) is 0 Å². The quantitative estimate of drug-likeness (QED) is 0.715. The second-order valence-corrected chi connectivity index (χ2v) is 3.60. The molecule has 1 aromatic rings. The van der Waals surface area contributed by atoms with E-state index in [1.807, 2.05) is 42.9 Å².